The summed E-state index contributed by atoms with van der Waals surface area (Å²) in [7, 11) is 1.73. The van der Waals surface area contributed by atoms with E-state index >= 15 is 0 Å². The third-order valence-electron chi connectivity index (χ3n) is 5.35. The summed E-state index contributed by atoms with van der Waals surface area (Å²) in [6.07, 6.45) is 3.05. The van der Waals surface area contributed by atoms with Gasteiger partial charge in [0.15, 0.2) is 5.69 Å². The van der Waals surface area contributed by atoms with E-state index in [2.05, 4.69) is 34.7 Å². The van der Waals surface area contributed by atoms with Gasteiger partial charge in [0.1, 0.15) is 5.82 Å². The van der Waals surface area contributed by atoms with Gasteiger partial charge in [0.25, 0.3) is 11.8 Å². The molecule has 0 aliphatic carbocycles. The molecule has 0 spiro atoms. The van der Waals surface area contributed by atoms with Gasteiger partial charge in [0.2, 0.25) is 0 Å². The maximum atomic E-state index is 12.9. The van der Waals surface area contributed by atoms with E-state index in [1.54, 1.807) is 23.9 Å². The van der Waals surface area contributed by atoms with E-state index in [1.807, 2.05) is 22.4 Å². The number of rotatable bonds is 5. The standard InChI is InChI=1S/C22H24N4O2S/c1-25-20(23-21(27)19-8-5-13-29-19)15-18(24-25)22(28)26-11-9-17(10-12-26)14-16-6-3-2-4-7-16/h2-8,13,15,17H,9-12,14H2,1H3,(H,23,27). The van der Waals surface area contributed by atoms with E-state index in [9.17, 15) is 9.59 Å². The number of hydrogen-bond donors (Lipinski definition) is 1. The van der Waals surface area contributed by atoms with Crippen LogP contribution in [-0.2, 0) is 13.5 Å². The Labute approximate surface area is 174 Å². The molecule has 0 saturated carbocycles. The average molecular weight is 409 g/mol. The number of thiophene rings is 1. The van der Waals surface area contributed by atoms with Gasteiger partial charge in [-0.15, -0.1) is 11.3 Å². The highest BCUT2D eigenvalue weighted by Gasteiger charge is 2.26. The predicted octanol–water partition coefficient (Wildman–Crippen LogP) is 3.83. The minimum Gasteiger partial charge on any atom is -0.337 e. The fraction of sp³-hybridized carbons (Fsp3) is 0.318. The predicted molar refractivity (Wildman–Crippen MR) is 114 cm³/mol. The van der Waals surface area contributed by atoms with Gasteiger partial charge in [-0.25, -0.2) is 0 Å². The van der Waals surface area contributed by atoms with Crippen LogP contribution in [0.2, 0.25) is 0 Å². The molecule has 150 valence electrons. The van der Waals surface area contributed by atoms with Crippen LogP contribution >= 0.6 is 11.3 Å². The van der Waals surface area contributed by atoms with Gasteiger partial charge in [-0.1, -0.05) is 36.4 Å². The van der Waals surface area contributed by atoms with Crippen LogP contribution in [0, 0.1) is 5.92 Å². The largest absolute Gasteiger partial charge is 0.337 e. The highest BCUT2D eigenvalue weighted by molar-refractivity contribution is 7.12. The van der Waals surface area contributed by atoms with E-state index in [1.165, 1.54) is 16.9 Å². The molecule has 1 aromatic carbocycles. The third kappa shape index (κ3) is 4.56. The quantitative estimate of drug-likeness (QED) is 0.698. The number of carbonyl (C=O) groups excluding carboxylic acids is 2. The number of aryl methyl sites for hydroxylation is 1. The highest BCUT2D eigenvalue weighted by Crippen LogP contribution is 2.23. The molecule has 3 heterocycles. The van der Waals surface area contributed by atoms with Crippen molar-refractivity contribution in [2.24, 2.45) is 13.0 Å². The Morgan fingerprint density at radius 2 is 1.90 bits per heavy atom. The lowest BCUT2D eigenvalue weighted by molar-refractivity contribution is 0.0683. The van der Waals surface area contributed by atoms with Crippen LogP contribution in [0.4, 0.5) is 5.82 Å². The lowest BCUT2D eigenvalue weighted by Crippen LogP contribution is -2.39. The summed E-state index contributed by atoms with van der Waals surface area (Å²) in [6.45, 7) is 1.48. The number of carbonyl (C=O) groups is 2. The fourth-order valence-corrected chi connectivity index (χ4v) is 4.34. The zero-order valence-corrected chi connectivity index (χ0v) is 17.2. The van der Waals surface area contributed by atoms with Crippen molar-refractivity contribution in [3.8, 4) is 0 Å². The van der Waals surface area contributed by atoms with Gasteiger partial charge < -0.3 is 10.2 Å². The number of hydrogen-bond acceptors (Lipinski definition) is 4. The number of likely N-dealkylation sites (tertiary alicyclic amines) is 1. The van der Waals surface area contributed by atoms with Crippen molar-refractivity contribution in [1.29, 1.82) is 0 Å². The Morgan fingerprint density at radius 1 is 1.14 bits per heavy atom. The first-order chi connectivity index (χ1) is 14.1. The minimum atomic E-state index is -0.191. The molecule has 4 rings (SSSR count). The Morgan fingerprint density at radius 3 is 2.59 bits per heavy atom. The Balaban J connectivity index is 1.35. The molecular formula is C22H24N4O2S. The summed E-state index contributed by atoms with van der Waals surface area (Å²) >= 11 is 1.38. The van der Waals surface area contributed by atoms with Crippen molar-refractivity contribution in [1.82, 2.24) is 14.7 Å². The van der Waals surface area contributed by atoms with Gasteiger partial charge in [-0.05, 0) is 42.2 Å². The third-order valence-corrected chi connectivity index (χ3v) is 6.22. The summed E-state index contributed by atoms with van der Waals surface area (Å²) in [5, 5.41) is 9.00. The molecule has 0 unspecified atom stereocenters. The van der Waals surface area contributed by atoms with E-state index in [4.69, 9.17) is 0 Å². The van der Waals surface area contributed by atoms with Crippen molar-refractivity contribution in [3.63, 3.8) is 0 Å². The Kier molecular flexibility index (Phi) is 5.76. The second kappa shape index (κ2) is 8.61. The number of benzene rings is 1. The molecule has 2 amide bonds. The molecule has 1 N–H and O–H groups in total. The summed E-state index contributed by atoms with van der Waals surface area (Å²) in [5.74, 6) is 0.857. The van der Waals surface area contributed by atoms with Gasteiger partial charge >= 0.3 is 0 Å². The molecule has 0 radical (unpaired) electrons. The number of aromatic nitrogens is 2. The number of amides is 2. The molecule has 29 heavy (non-hydrogen) atoms. The lowest BCUT2D eigenvalue weighted by atomic mass is 9.90. The zero-order valence-electron chi connectivity index (χ0n) is 16.4. The topological polar surface area (TPSA) is 67.2 Å². The molecule has 7 heteroatoms. The molecule has 2 aromatic heterocycles. The van der Waals surface area contributed by atoms with Crippen LogP contribution < -0.4 is 5.32 Å². The molecule has 1 saturated heterocycles. The van der Waals surface area contributed by atoms with Gasteiger partial charge in [0, 0.05) is 26.2 Å². The molecule has 3 aromatic rings. The first kappa shape index (κ1) is 19.4. The molecule has 1 aliphatic rings. The molecule has 1 aliphatic heterocycles. The molecule has 6 nitrogen and oxygen atoms in total. The van der Waals surface area contributed by atoms with Gasteiger partial charge in [0.05, 0.1) is 4.88 Å². The first-order valence-corrected chi connectivity index (χ1v) is 10.7. The summed E-state index contributed by atoms with van der Waals surface area (Å²) in [5.41, 5.74) is 1.73. The van der Waals surface area contributed by atoms with Gasteiger partial charge in [-0.2, -0.15) is 5.10 Å². The Hall–Kier alpha value is -2.93. The minimum absolute atomic E-state index is 0.0737. The van der Waals surface area contributed by atoms with Crippen LogP contribution in [0.25, 0.3) is 0 Å². The van der Waals surface area contributed by atoms with Gasteiger partial charge in [-0.3, -0.25) is 14.3 Å². The Bertz CT molecular complexity index is 974. The lowest BCUT2D eigenvalue weighted by Gasteiger charge is -2.31. The van der Waals surface area contributed by atoms with E-state index in [0.717, 1.165) is 32.4 Å². The number of piperidine rings is 1. The normalized spacial score (nSPS) is 14.7. The number of anilines is 1. The molecule has 0 atom stereocenters. The van der Waals surface area contributed by atoms with Crippen LogP contribution in [0.1, 0.15) is 38.6 Å². The van der Waals surface area contributed by atoms with Crippen molar-refractivity contribution < 1.29 is 9.59 Å². The van der Waals surface area contributed by atoms with Crippen molar-refractivity contribution in [3.05, 3.63) is 70.0 Å². The van der Waals surface area contributed by atoms with E-state index < -0.39 is 0 Å². The van der Waals surface area contributed by atoms with E-state index in [0.29, 0.717) is 22.3 Å². The van der Waals surface area contributed by atoms with Crippen molar-refractivity contribution >= 4 is 29.0 Å². The number of nitrogens with one attached hydrogen (secondary N) is 1. The maximum Gasteiger partial charge on any atom is 0.274 e. The fourth-order valence-electron chi connectivity index (χ4n) is 3.72. The highest BCUT2D eigenvalue weighted by atomic mass is 32.1. The van der Waals surface area contributed by atoms with Crippen molar-refractivity contribution in [2.45, 2.75) is 19.3 Å². The second-order valence-electron chi connectivity index (χ2n) is 7.40. The maximum absolute atomic E-state index is 12.9. The zero-order chi connectivity index (χ0) is 20.2. The molecule has 1 fully saturated rings. The smallest absolute Gasteiger partial charge is 0.274 e. The summed E-state index contributed by atoms with van der Waals surface area (Å²) < 4.78 is 1.54. The van der Waals surface area contributed by atoms with E-state index in [-0.39, 0.29) is 11.8 Å². The first-order valence-electron chi connectivity index (χ1n) is 9.82. The summed E-state index contributed by atoms with van der Waals surface area (Å²) in [4.78, 5) is 27.6. The van der Waals surface area contributed by atoms with Crippen LogP contribution in [0.3, 0.4) is 0 Å². The molecule has 0 bridgehead atoms. The van der Waals surface area contributed by atoms with Crippen LogP contribution in [-0.4, -0.2) is 39.6 Å². The summed E-state index contributed by atoms with van der Waals surface area (Å²) in [6, 6.07) is 15.8. The monoisotopic (exact) mass is 408 g/mol. The van der Waals surface area contributed by atoms with Crippen molar-refractivity contribution in [2.75, 3.05) is 18.4 Å². The van der Waals surface area contributed by atoms with Crippen LogP contribution in [0.15, 0.2) is 53.9 Å². The number of nitrogens with zero attached hydrogens (tertiary/aromatic N) is 3. The second-order valence-corrected chi connectivity index (χ2v) is 8.34. The SMILES string of the molecule is Cn1nc(C(=O)N2CCC(Cc3ccccc3)CC2)cc1NC(=O)c1cccs1. The van der Waals surface area contributed by atoms with Crippen LogP contribution in [0.5, 0.6) is 0 Å². The molecular weight excluding hydrogens is 384 g/mol. The average Bonchev–Trinajstić information content (AvgIpc) is 3.39.